The zero-order chi connectivity index (χ0) is 15.6. The van der Waals surface area contributed by atoms with E-state index < -0.39 is 16.0 Å². The highest BCUT2D eigenvalue weighted by atomic mass is 32.2. The van der Waals surface area contributed by atoms with Crippen molar-refractivity contribution in [3.63, 3.8) is 0 Å². The Morgan fingerprint density at radius 1 is 1.24 bits per heavy atom. The average molecular weight is 314 g/mol. The van der Waals surface area contributed by atoms with Crippen molar-refractivity contribution in [1.29, 1.82) is 0 Å². The van der Waals surface area contributed by atoms with E-state index in [0.29, 0.717) is 25.7 Å². The van der Waals surface area contributed by atoms with Crippen LogP contribution in [0.5, 0.6) is 0 Å². The van der Waals surface area contributed by atoms with E-state index in [4.69, 9.17) is 10.8 Å². The van der Waals surface area contributed by atoms with Crippen molar-refractivity contribution in [3.05, 3.63) is 23.8 Å². The molecule has 0 heterocycles. The van der Waals surface area contributed by atoms with E-state index in [1.807, 2.05) is 0 Å². The fraction of sp³-hybridized carbons (Fsp3) is 0.462. The lowest BCUT2D eigenvalue weighted by atomic mass is 9.94. The average Bonchev–Trinajstić information content (AvgIpc) is 2.40. The SMILES string of the molecule is Nc1cc(C(=O)O)ccc1S(=O)(=O)NC1CCC(O)CC1. The van der Waals surface area contributed by atoms with Crippen LogP contribution in [0.1, 0.15) is 36.0 Å². The maximum absolute atomic E-state index is 12.3. The fourth-order valence-electron chi connectivity index (χ4n) is 2.40. The van der Waals surface area contributed by atoms with Crippen LogP contribution in [0.2, 0.25) is 0 Å². The van der Waals surface area contributed by atoms with Gasteiger partial charge in [0.2, 0.25) is 10.0 Å². The van der Waals surface area contributed by atoms with Crippen molar-refractivity contribution >= 4 is 21.7 Å². The van der Waals surface area contributed by atoms with Crippen LogP contribution in [0, 0.1) is 0 Å². The van der Waals surface area contributed by atoms with Crippen LogP contribution in [0.3, 0.4) is 0 Å². The second kappa shape index (κ2) is 6.00. The Hall–Kier alpha value is -1.64. The molecule has 0 unspecified atom stereocenters. The molecule has 0 spiro atoms. The van der Waals surface area contributed by atoms with Gasteiger partial charge in [0, 0.05) is 6.04 Å². The Kier molecular flexibility index (Phi) is 4.50. The number of hydrogen-bond donors (Lipinski definition) is 4. The van der Waals surface area contributed by atoms with Gasteiger partial charge in [0.15, 0.2) is 0 Å². The number of sulfonamides is 1. The zero-order valence-corrected chi connectivity index (χ0v) is 12.1. The molecule has 0 aliphatic heterocycles. The summed E-state index contributed by atoms with van der Waals surface area (Å²) in [5, 5.41) is 18.3. The third kappa shape index (κ3) is 3.72. The molecule has 5 N–H and O–H groups in total. The number of nitrogen functional groups attached to an aromatic ring is 1. The Balaban J connectivity index is 2.18. The minimum Gasteiger partial charge on any atom is -0.478 e. The number of nitrogens with two attached hydrogens (primary N) is 1. The summed E-state index contributed by atoms with van der Waals surface area (Å²) in [4.78, 5) is 10.7. The van der Waals surface area contributed by atoms with E-state index in [9.17, 15) is 18.3 Å². The van der Waals surface area contributed by atoms with Crippen LogP contribution in [0.15, 0.2) is 23.1 Å². The fourth-order valence-corrected chi connectivity index (χ4v) is 3.82. The van der Waals surface area contributed by atoms with E-state index in [0.717, 1.165) is 6.07 Å². The summed E-state index contributed by atoms with van der Waals surface area (Å²) in [6.45, 7) is 0. The largest absolute Gasteiger partial charge is 0.478 e. The van der Waals surface area contributed by atoms with Crippen molar-refractivity contribution in [1.82, 2.24) is 4.72 Å². The summed E-state index contributed by atoms with van der Waals surface area (Å²) < 4.78 is 27.1. The van der Waals surface area contributed by atoms with Gasteiger partial charge in [-0.05, 0) is 43.9 Å². The maximum Gasteiger partial charge on any atom is 0.335 e. The summed E-state index contributed by atoms with van der Waals surface area (Å²) >= 11 is 0. The van der Waals surface area contributed by atoms with Crippen molar-refractivity contribution in [3.8, 4) is 0 Å². The molecule has 1 aromatic rings. The molecule has 7 nitrogen and oxygen atoms in total. The van der Waals surface area contributed by atoms with Crippen LogP contribution >= 0.6 is 0 Å². The zero-order valence-electron chi connectivity index (χ0n) is 11.3. The lowest BCUT2D eigenvalue weighted by Gasteiger charge is -2.26. The molecule has 0 bridgehead atoms. The van der Waals surface area contributed by atoms with Gasteiger partial charge in [-0.15, -0.1) is 0 Å². The Morgan fingerprint density at radius 3 is 2.38 bits per heavy atom. The predicted molar refractivity (Wildman–Crippen MR) is 76.4 cm³/mol. The van der Waals surface area contributed by atoms with E-state index in [1.165, 1.54) is 12.1 Å². The summed E-state index contributed by atoms with van der Waals surface area (Å²) in [6, 6.07) is 3.29. The van der Waals surface area contributed by atoms with Crippen LogP contribution in [0.4, 0.5) is 5.69 Å². The summed E-state index contributed by atoms with van der Waals surface area (Å²) in [6.07, 6.45) is 1.87. The smallest absolute Gasteiger partial charge is 0.335 e. The molecule has 1 fully saturated rings. The van der Waals surface area contributed by atoms with Gasteiger partial charge in [-0.3, -0.25) is 0 Å². The predicted octanol–water partition coefficient (Wildman–Crippen LogP) is 0.549. The molecule has 116 valence electrons. The van der Waals surface area contributed by atoms with Crippen molar-refractivity contribution < 1.29 is 23.4 Å². The normalized spacial score (nSPS) is 22.9. The van der Waals surface area contributed by atoms with Gasteiger partial charge in [-0.1, -0.05) is 0 Å². The van der Waals surface area contributed by atoms with Crippen molar-refractivity contribution in [2.24, 2.45) is 0 Å². The molecular weight excluding hydrogens is 296 g/mol. The van der Waals surface area contributed by atoms with Gasteiger partial charge in [0.25, 0.3) is 0 Å². The molecule has 0 aromatic heterocycles. The Labute approximate surface area is 122 Å². The number of nitrogens with one attached hydrogen (secondary N) is 1. The number of carboxylic acids is 1. The summed E-state index contributed by atoms with van der Waals surface area (Å²) in [7, 11) is -3.80. The van der Waals surface area contributed by atoms with E-state index >= 15 is 0 Å². The number of aliphatic hydroxyl groups is 1. The number of aromatic carboxylic acids is 1. The first-order valence-electron chi connectivity index (χ1n) is 6.63. The first-order chi connectivity index (χ1) is 9.79. The molecule has 2 rings (SSSR count). The molecule has 1 aliphatic rings. The monoisotopic (exact) mass is 314 g/mol. The lowest BCUT2D eigenvalue weighted by molar-refractivity contribution is 0.0697. The van der Waals surface area contributed by atoms with Crippen LogP contribution in [-0.4, -0.2) is 36.7 Å². The highest BCUT2D eigenvalue weighted by Gasteiger charge is 2.26. The van der Waals surface area contributed by atoms with Gasteiger partial charge in [-0.25, -0.2) is 17.9 Å². The third-order valence-electron chi connectivity index (χ3n) is 3.56. The molecule has 8 heteroatoms. The second-order valence-electron chi connectivity index (χ2n) is 5.18. The second-order valence-corrected chi connectivity index (χ2v) is 6.87. The quantitative estimate of drug-likeness (QED) is 0.600. The minimum atomic E-state index is -3.80. The standard InChI is InChI=1S/C13H18N2O5S/c14-11-7-8(13(17)18)1-6-12(11)21(19,20)15-9-2-4-10(16)5-3-9/h1,6-7,9-10,15-16H,2-5,14H2,(H,17,18). The number of hydrogen-bond acceptors (Lipinski definition) is 5. The lowest BCUT2D eigenvalue weighted by Crippen LogP contribution is -2.38. The summed E-state index contributed by atoms with van der Waals surface area (Å²) in [5.74, 6) is -1.17. The Bertz CT molecular complexity index is 636. The Morgan fingerprint density at radius 2 is 1.86 bits per heavy atom. The van der Waals surface area contributed by atoms with E-state index in [-0.39, 0.29) is 28.3 Å². The molecule has 1 aliphatic carbocycles. The molecule has 0 amide bonds. The van der Waals surface area contributed by atoms with Crippen LogP contribution < -0.4 is 10.5 Å². The minimum absolute atomic E-state index is 0.0627. The topological polar surface area (TPSA) is 130 Å². The van der Waals surface area contributed by atoms with Crippen LogP contribution in [-0.2, 0) is 10.0 Å². The molecule has 0 atom stereocenters. The first-order valence-corrected chi connectivity index (χ1v) is 8.11. The molecule has 1 saturated carbocycles. The number of benzene rings is 1. The molecule has 0 radical (unpaired) electrons. The number of aliphatic hydroxyl groups excluding tert-OH is 1. The molecule has 0 saturated heterocycles. The number of rotatable bonds is 4. The van der Waals surface area contributed by atoms with Crippen LogP contribution in [0.25, 0.3) is 0 Å². The third-order valence-corrected chi connectivity index (χ3v) is 5.16. The number of carboxylic acid groups (broad SMARTS) is 1. The molecule has 21 heavy (non-hydrogen) atoms. The molecule has 1 aromatic carbocycles. The van der Waals surface area contributed by atoms with Gasteiger partial charge < -0.3 is 15.9 Å². The van der Waals surface area contributed by atoms with E-state index in [1.54, 1.807) is 0 Å². The van der Waals surface area contributed by atoms with Crippen molar-refractivity contribution in [2.45, 2.75) is 42.7 Å². The maximum atomic E-state index is 12.3. The van der Waals surface area contributed by atoms with Gasteiger partial charge in [0.1, 0.15) is 4.90 Å². The van der Waals surface area contributed by atoms with Gasteiger partial charge in [0.05, 0.1) is 17.4 Å². The highest BCUT2D eigenvalue weighted by molar-refractivity contribution is 7.89. The first kappa shape index (κ1) is 15.7. The van der Waals surface area contributed by atoms with Gasteiger partial charge in [-0.2, -0.15) is 0 Å². The number of anilines is 1. The molecular formula is C13H18N2O5S. The number of carbonyl (C=O) groups is 1. The van der Waals surface area contributed by atoms with E-state index in [2.05, 4.69) is 4.72 Å². The summed E-state index contributed by atoms with van der Waals surface area (Å²) in [5.41, 5.74) is 5.49. The van der Waals surface area contributed by atoms with Gasteiger partial charge >= 0.3 is 5.97 Å². The van der Waals surface area contributed by atoms with Crippen molar-refractivity contribution in [2.75, 3.05) is 5.73 Å². The highest BCUT2D eigenvalue weighted by Crippen LogP contribution is 2.23.